The quantitative estimate of drug-likeness (QED) is 0.629. The molecular weight excluding hydrogens is 222 g/mol. The van der Waals surface area contributed by atoms with Gasteiger partial charge in [0.2, 0.25) is 11.8 Å². The maximum absolute atomic E-state index is 10.9. The fraction of sp³-hybridized carbons (Fsp3) is 0.600. The van der Waals surface area contributed by atoms with Gasteiger partial charge >= 0.3 is 5.69 Å². The third-order valence-electron chi connectivity index (χ3n) is 2.89. The first-order valence-corrected chi connectivity index (χ1v) is 5.56. The van der Waals surface area contributed by atoms with E-state index >= 15 is 0 Å². The minimum absolute atomic E-state index is 0.0295. The highest BCUT2D eigenvalue weighted by Gasteiger charge is 2.27. The van der Waals surface area contributed by atoms with Gasteiger partial charge in [-0.3, -0.25) is 10.1 Å². The molecule has 1 aliphatic heterocycles. The van der Waals surface area contributed by atoms with E-state index in [4.69, 9.17) is 0 Å². The van der Waals surface area contributed by atoms with Crippen LogP contribution in [0.15, 0.2) is 6.20 Å². The Balaban J connectivity index is 2.38. The molecular formula is C10H15N5O2. The van der Waals surface area contributed by atoms with Crippen molar-refractivity contribution in [2.75, 3.05) is 30.4 Å². The molecule has 1 aliphatic rings. The van der Waals surface area contributed by atoms with Crippen LogP contribution in [0.4, 0.5) is 17.5 Å². The Morgan fingerprint density at radius 2 is 2.41 bits per heavy atom. The Morgan fingerprint density at radius 3 is 2.94 bits per heavy atom. The maximum Gasteiger partial charge on any atom is 0.329 e. The van der Waals surface area contributed by atoms with Crippen LogP contribution in [0, 0.1) is 16.0 Å². The van der Waals surface area contributed by atoms with Gasteiger partial charge in [0.15, 0.2) is 0 Å². The molecule has 0 amide bonds. The van der Waals surface area contributed by atoms with Gasteiger partial charge in [-0.25, -0.2) is 4.98 Å². The van der Waals surface area contributed by atoms with Crippen LogP contribution in [0.3, 0.4) is 0 Å². The summed E-state index contributed by atoms with van der Waals surface area (Å²) in [6, 6.07) is 0. The van der Waals surface area contributed by atoms with Gasteiger partial charge in [0.25, 0.3) is 0 Å². The molecule has 92 valence electrons. The second-order valence-corrected chi connectivity index (χ2v) is 4.25. The fourth-order valence-electron chi connectivity index (χ4n) is 1.98. The third-order valence-corrected chi connectivity index (χ3v) is 2.89. The molecule has 2 heterocycles. The summed E-state index contributed by atoms with van der Waals surface area (Å²) in [5.41, 5.74) is -0.0295. The number of anilines is 2. The normalized spacial score (nSPS) is 19.4. The number of aromatic nitrogens is 2. The second kappa shape index (κ2) is 4.52. The summed E-state index contributed by atoms with van der Waals surface area (Å²) in [6.45, 7) is 3.75. The number of nitrogens with zero attached hydrogens (tertiary/aromatic N) is 4. The van der Waals surface area contributed by atoms with Gasteiger partial charge in [-0.15, -0.1) is 0 Å². The van der Waals surface area contributed by atoms with E-state index in [9.17, 15) is 10.1 Å². The summed E-state index contributed by atoms with van der Waals surface area (Å²) in [4.78, 5) is 20.5. The zero-order valence-corrected chi connectivity index (χ0v) is 9.88. The van der Waals surface area contributed by atoms with Gasteiger partial charge in [-0.2, -0.15) is 4.98 Å². The number of rotatable bonds is 3. The Hall–Kier alpha value is -1.92. The monoisotopic (exact) mass is 237 g/mol. The minimum Gasteiger partial charge on any atom is -0.357 e. The molecule has 1 aromatic rings. The Bertz CT molecular complexity index is 437. The molecule has 0 aromatic carbocycles. The van der Waals surface area contributed by atoms with Crippen molar-refractivity contribution in [3.63, 3.8) is 0 Å². The first-order valence-electron chi connectivity index (χ1n) is 5.56. The van der Waals surface area contributed by atoms with Crippen LogP contribution in [0.2, 0.25) is 0 Å². The van der Waals surface area contributed by atoms with Gasteiger partial charge in [-0.05, 0) is 12.3 Å². The number of nitrogens with one attached hydrogen (secondary N) is 1. The van der Waals surface area contributed by atoms with E-state index in [-0.39, 0.29) is 5.69 Å². The van der Waals surface area contributed by atoms with Crippen LogP contribution in [-0.4, -0.2) is 35.0 Å². The van der Waals surface area contributed by atoms with Crippen molar-refractivity contribution < 1.29 is 4.92 Å². The molecule has 0 bridgehead atoms. The predicted molar refractivity (Wildman–Crippen MR) is 64.2 cm³/mol. The highest BCUT2D eigenvalue weighted by molar-refractivity contribution is 5.59. The minimum atomic E-state index is -0.433. The largest absolute Gasteiger partial charge is 0.357 e. The summed E-state index contributed by atoms with van der Waals surface area (Å²) in [5, 5.41) is 13.7. The molecule has 1 atom stereocenters. The first kappa shape index (κ1) is 11.6. The van der Waals surface area contributed by atoms with Gasteiger partial charge in [0.05, 0.1) is 4.92 Å². The lowest BCUT2D eigenvalue weighted by atomic mass is 10.2. The van der Waals surface area contributed by atoms with Gasteiger partial charge in [0.1, 0.15) is 6.20 Å². The summed E-state index contributed by atoms with van der Waals surface area (Å²) in [5.74, 6) is 1.37. The second-order valence-electron chi connectivity index (χ2n) is 4.25. The maximum atomic E-state index is 10.9. The van der Waals surface area contributed by atoms with E-state index in [2.05, 4.69) is 22.2 Å². The van der Waals surface area contributed by atoms with Gasteiger partial charge < -0.3 is 10.2 Å². The van der Waals surface area contributed by atoms with Crippen molar-refractivity contribution in [3.05, 3.63) is 16.3 Å². The zero-order chi connectivity index (χ0) is 12.4. The molecule has 7 nitrogen and oxygen atoms in total. The highest BCUT2D eigenvalue weighted by atomic mass is 16.6. The van der Waals surface area contributed by atoms with E-state index in [0.29, 0.717) is 17.7 Å². The third kappa shape index (κ3) is 2.27. The van der Waals surface area contributed by atoms with Crippen molar-refractivity contribution >= 4 is 17.5 Å². The lowest BCUT2D eigenvalue weighted by Gasteiger charge is -2.16. The average Bonchev–Trinajstić information content (AvgIpc) is 2.75. The smallest absolute Gasteiger partial charge is 0.329 e. The molecule has 1 N–H and O–H groups in total. The Kier molecular flexibility index (Phi) is 3.08. The highest BCUT2D eigenvalue weighted by Crippen LogP contribution is 2.30. The summed E-state index contributed by atoms with van der Waals surface area (Å²) in [6.07, 6.45) is 2.30. The number of hydrogen-bond donors (Lipinski definition) is 1. The predicted octanol–water partition coefficient (Wildman–Crippen LogP) is 1.27. The topological polar surface area (TPSA) is 84.2 Å². The van der Waals surface area contributed by atoms with Crippen LogP contribution in [0.25, 0.3) is 0 Å². The Morgan fingerprint density at radius 1 is 1.65 bits per heavy atom. The first-order chi connectivity index (χ1) is 8.11. The summed E-state index contributed by atoms with van der Waals surface area (Å²) in [7, 11) is 1.69. The van der Waals surface area contributed by atoms with Gasteiger partial charge in [-0.1, -0.05) is 6.92 Å². The molecule has 7 heteroatoms. The molecule has 0 saturated carbocycles. The van der Waals surface area contributed by atoms with E-state index in [1.807, 2.05) is 4.90 Å². The van der Waals surface area contributed by atoms with Crippen LogP contribution in [0.1, 0.15) is 13.3 Å². The molecule has 0 radical (unpaired) electrons. The molecule has 1 unspecified atom stereocenters. The fourth-order valence-corrected chi connectivity index (χ4v) is 1.98. The lowest BCUT2D eigenvalue weighted by molar-refractivity contribution is -0.384. The Labute approximate surface area is 99.0 Å². The van der Waals surface area contributed by atoms with Crippen molar-refractivity contribution in [2.24, 2.45) is 5.92 Å². The average molecular weight is 237 g/mol. The standard InChI is InChI=1S/C10H15N5O2/c1-7-3-4-14(6-7)9-8(15(16)17)5-12-10(11-2)13-9/h5,7H,3-4,6H2,1-2H3,(H,11,12,13). The molecule has 17 heavy (non-hydrogen) atoms. The molecule has 1 saturated heterocycles. The van der Waals surface area contributed by atoms with Crippen LogP contribution in [-0.2, 0) is 0 Å². The summed E-state index contributed by atoms with van der Waals surface area (Å²) < 4.78 is 0. The summed E-state index contributed by atoms with van der Waals surface area (Å²) >= 11 is 0. The van der Waals surface area contributed by atoms with E-state index in [1.54, 1.807) is 7.05 Å². The lowest BCUT2D eigenvalue weighted by Crippen LogP contribution is -2.22. The number of hydrogen-bond acceptors (Lipinski definition) is 6. The van der Waals surface area contributed by atoms with Crippen LogP contribution >= 0.6 is 0 Å². The van der Waals surface area contributed by atoms with E-state index in [0.717, 1.165) is 19.5 Å². The molecule has 1 aromatic heterocycles. The van der Waals surface area contributed by atoms with E-state index < -0.39 is 4.92 Å². The van der Waals surface area contributed by atoms with Crippen LogP contribution < -0.4 is 10.2 Å². The van der Waals surface area contributed by atoms with Crippen molar-refractivity contribution in [3.8, 4) is 0 Å². The SMILES string of the molecule is CNc1ncc([N+](=O)[O-])c(N2CCC(C)C2)n1. The molecule has 0 spiro atoms. The molecule has 0 aliphatic carbocycles. The van der Waals surface area contributed by atoms with Gasteiger partial charge in [0, 0.05) is 20.1 Å². The molecule has 1 fully saturated rings. The van der Waals surface area contributed by atoms with E-state index in [1.165, 1.54) is 6.20 Å². The van der Waals surface area contributed by atoms with Crippen LogP contribution in [0.5, 0.6) is 0 Å². The zero-order valence-electron chi connectivity index (χ0n) is 9.88. The van der Waals surface area contributed by atoms with Crippen molar-refractivity contribution in [1.82, 2.24) is 9.97 Å². The number of nitro groups is 1. The van der Waals surface area contributed by atoms with Crippen molar-refractivity contribution in [1.29, 1.82) is 0 Å². The molecule has 2 rings (SSSR count). The van der Waals surface area contributed by atoms with Crippen molar-refractivity contribution in [2.45, 2.75) is 13.3 Å².